The number of hydrazine groups is 1. The summed E-state index contributed by atoms with van der Waals surface area (Å²) in [7, 11) is 1.29. The van der Waals surface area contributed by atoms with Crippen molar-refractivity contribution in [2.75, 3.05) is 20.2 Å². The molecule has 1 aromatic rings. The number of hydrogen-bond acceptors (Lipinski definition) is 6. The van der Waals surface area contributed by atoms with Crippen LogP contribution in [0, 0.1) is 17.0 Å². The van der Waals surface area contributed by atoms with Gasteiger partial charge in [0, 0.05) is 20.0 Å². The Bertz CT molecular complexity index is 673. The van der Waals surface area contributed by atoms with Crippen LogP contribution >= 0.6 is 0 Å². The normalized spacial score (nSPS) is 10.0. The van der Waals surface area contributed by atoms with Crippen LogP contribution in [0.2, 0.25) is 0 Å². The largest absolute Gasteiger partial charge is 0.465 e. The molecule has 9 heteroatoms. The third-order valence-corrected chi connectivity index (χ3v) is 3.22. The maximum Gasteiger partial charge on any atom is 0.327 e. The van der Waals surface area contributed by atoms with E-state index < -0.39 is 34.9 Å². The Hall–Kier alpha value is -2.97. The number of rotatable bonds is 5. The first kappa shape index (κ1) is 19.1. The molecule has 1 rings (SSSR count). The van der Waals surface area contributed by atoms with Crippen LogP contribution in [0.4, 0.5) is 5.69 Å². The van der Waals surface area contributed by atoms with Gasteiger partial charge < -0.3 is 4.74 Å². The number of esters is 1. The van der Waals surface area contributed by atoms with E-state index in [2.05, 4.69) is 0 Å². The van der Waals surface area contributed by atoms with Crippen molar-refractivity contribution < 1.29 is 24.0 Å². The van der Waals surface area contributed by atoms with Gasteiger partial charge in [0.2, 0.25) is 5.91 Å². The van der Waals surface area contributed by atoms with Crippen molar-refractivity contribution in [2.45, 2.75) is 20.8 Å². The maximum absolute atomic E-state index is 12.7. The predicted molar refractivity (Wildman–Crippen MR) is 83.9 cm³/mol. The number of ether oxygens (including phenoxy) is 1. The van der Waals surface area contributed by atoms with Gasteiger partial charge in [-0.25, -0.2) is 5.01 Å². The third kappa shape index (κ3) is 4.51. The molecule has 2 amide bonds. The topological polar surface area (TPSA) is 110 Å². The summed E-state index contributed by atoms with van der Waals surface area (Å²) in [6.07, 6.45) is 0. The SMILES string of the molecule is CCOC(=O)CN(C(=O)c1cc(C)ccc1[N+](=O)[O-])N(C)C(C)=O. The van der Waals surface area contributed by atoms with E-state index in [0.29, 0.717) is 5.56 Å². The average molecular weight is 337 g/mol. The van der Waals surface area contributed by atoms with Crippen molar-refractivity contribution in [3.8, 4) is 0 Å². The molecule has 0 atom stereocenters. The monoisotopic (exact) mass is 337 g/mol. The fraction of sp³-hybridized carbons (Fsp3) is 0.400. The van der Waals surface area contributed by atoms with Crippen LogP contribution in [-0.4, -0.2) is 52.9 Å². The van der Waals surface area contributed by atoms with Gasteiger partial charge in [0.15, 0.2) is 0 Å². The van der Waals surface area contributed by atoms with Crippen LogP contribution in [0.5, 0.6) is 0 Å². The zero-order valence-electron chi connectivity index (χ0n) is 13.9. The molecule has 9 nitrogen and oxygen atoms in total. The summed E-state index contributed by atoms with van der Waals surface area (Å²) in [6, 6.07) is 4.05. The van der Waals surface area contributed by atoms with Crippen molar-refractivity contribution in [2.24, 2.45) is 0 Å². The van der Waals surface area contributed by atoms with Crippen LogP contribution < -0.4 is 0 Å². The van der Waals surface area contributed by atoms with E-state index in [1.807, 2.05) is 0 Å². The number of aryl methyl sites for hydroxylation is 1. The lowest BCUT2D eigenvalue weighted by atomic mass is 10.1. The highest BCUT2D eigenvalue weighted by Gasteiger charge is 2.30. The molecule has 0 radical (unpaired) electrons. The second-order valence-corrected chi connectivity index (χ2v) is 4.99. The highest BCUT2D eigenvalue weighted by Crippen LogP contribution is 2.22. The molecule has 0 fully saturated rings. The van der Waals surface area contributed by atoms with Crippen LogP contribution in [0.15, 0.2) is 18.2 Å². The fourth-order valence-electron chi connectivity index (χ4n) is 1.93. The summed E-state index contributed by atoms with van der Waals surface area (Å²) in [5.41, 5.74) is 0.0133. The van der Waals surface area contributed by atoms with E-state index in [-0.39, 0.29) is 12.2 Å². The summed E-state index contributed by atoms with van der Waals surface area (Å²) < 4.78 is 4.79. The third-order valence-electron chi connectivity index (χ3n) is 3.22. The van der Waals surface area contributed by atoms with E-state index in [0.717, 1.165) is 10.0 Å². The summed E-state index contributed by atoms with van der Waals surface area (Å²) >= 11 is 0. The van der Waals surface area contributed by atoms with E-state index in [1.165, 1.54) is 32.2 Å². The quantitative estimate of drug-likeness (QED) is 0.455. The Balaban J connectivity index is 3.30. The number of nitrogens with zero attached hydrogens (tertiary/aromatic N) is 3. The predicted octanol–water partition coefficient (Wildman–Crippen LogP) is 1.30. The van der Waals surface area contributed by atoms with Gasteiger partial charge >= 0.3 is 5.97 Å². The molecule has 0 heterocycles. The van der Waals surface area contributed by atoms with Crippen LogP contribution in [0.1, 0.15) is 29.8 Å². The number of carbonyl (C=O) groups excluding carboxylic acids is 3. The highest BCUT2D eigenvalue weighted by atomic mass is 16.6. The van der Waals surface area contributed by atoms with Gasteiger partial charge in [0.05, 0.1) is 11.5 Å². The molecular weight excluding hydrogens is 318 g/mol. The zero-order valence-corrected chi connectivity index (χ0v) is 13.9. The van der Waals surface area contributed by atoms with Crippen LogP contribution in [-0.2, 0) is 14.3 Å². The van der Waals surface area contributed by atoms with Crippen molar-refractivity contribution in [3.63, 3.8) is 0 Å². The van der Waals surface area contributed by atoms with Gasteiger partial charge in [-0.05, 0) is 25.5 Å². The molecule has 0 saturated carbocycles. The summed E-state index contributed by atoms with van der Waals surface area (Å²) in [5.74, 6) is -2.08. The fourth-order valence-corrected chi connectivity index (χ4v) is 1.93. The summed E-state index contributed by atoms with van der Waals surface area (Å²) in [4.78, 5) is 46.5. The van der Waals surface area contributed by atoms with Gasteiger partial charge in [-0.15, -0.1) is 0 Å². The molecule has 0 bridgehead atoms. The zero-order chi connectivity index (χ0) is 18.4. The molecule has 0 unspecified atom stereocenters. The highest BCUT2D eigenvalue weighted by molar-refractivity contribution is 6.00. The Kier molecular flexibility index (Phi) is 6.39. The smallest absolute Gasteiger partial charge is 0.327 e. The minimum atomic E-state index is -0.837. The van der Waals surface area contributed by atoms with E-state index in [4.69, 9.17) is 4.74 Å². The van der Waals surface area contributed by atoms with Gasteiger partial charge in [0.25, 0.3) is 11.6 Å². The molecule has 0 aromatic heterocycles. The number of hydrogen-bond donors (Lipinski definition) is 0. The maximum atomic E-state index is 12.7. The Morgan fingerprint density at radius 3 is 2.42 bits per heavy atom. The molecule has 0 saturated heterocycles. The van der Waals surface area contributed by atoms with Crippen molar-refractivity contribution in [3.05, 3.63) is 39.4 Å². The molecule has 0 aliphatic rings. The van der Waals surface area contributed by atoms with E-state index in [1.54, 1.807) is 13.8 Å². The summed E-state index contributed by atoms with van der Waals surface area (Å²) in [5, 5.41) is 12.9. The Labute approximate surface area is 138 Å². The lowest BCUT2D eigenvalue weighted by molar-refractivity contribution is -0.385. The van der Waals surface area contributed by atoms with E-state index in [9.17, 15) is 24.5 Å². The first-order valence-corrected chi connectivity index (χ1v) is 7.15. The standard InChI is InChI=1S/C15H19N3O6/c1-5-24-14(20)9-17(16(4)11(3)19)15(21)12-8-10(2)6-7-13(12)18(22)23/h6-8H,5,9H2,1-4H3. The molecular formula is C15H19N3O6. The molecule has 24 heavy (non-hydrogen) atoms. The number of carbonyl (C=O) groups is 3. The second kappa shape index (κ2) is 8.04. The van der Waals surface area contributed by atoms with Gasteiger partial charge in [-0.2, -0.15) is 0 Å². The van der Waals surface area contributed by atoms with Crippen LogP contribution in [0.3, 0.4) is 0 Å². The molecule has 0 spiro atoms. The number of benzene rings is 1. The minimum absolute atomic E-state index is 0.106. The molecule has 130 valence electrons. The lowest BCUT2D eigenvalue weighted by Crippen LogP contribution is -2.49. The summed E-state index contributed by atoms with van der Waals surface area (Å²) in [6.45, 7) is 4.05. The Morgan fingerprint density at radius 1 is 1.29 bits per heavy atom. The second-order valence-electron chi connectivity index (χ2n) is 4.99. The lowest BCUT2D eigenvalue weighted by Gasteiger charge is -2.30. The van der Waals surface area contributed by atoms with Gasteiger partial charge in [-0.1, -0.05) is 6.07 Å². The molecule has 0 aliphatic heterocycles. The molecule has 0 aliphatic carbocycles. The van der Waals surface area contributed by atoms with Crippen molar-refractivity contribution in [1.29, 1.82) is 0 Å². The molecule has 1 aromatic carbocycles. The average Bonchev–Trinajstić information content (AvgIpc) is 2.51. The van der Waals surface area contributed by atoms with E-state index >= 15 is 0 Å². The van der Waals surface area contributed by atoms with Crippen molar-refractivity contribution >= 4 is 23.5 Å². The first-order valence-electron chi connectivity index (χ1n) is 7.15. The number of amides is 2. The number of nitro groups is 1. The molecule has 0 N–H and O–H groups in total. The first-order chi connectivity index (χ1) is 11.2. The van der Waals surface area contributed by atoms with Crippen molar-refractivity contribution in [1.82, 2.24) is 10.0 Å². The number of nitro benzene ring substituents is 1. The van der Waals surface area contributed by atoms with Crippen LogP contribution in [0.25, 0.3) is 0 Å². The van der Waals surface area contributed by atoms with Gasteiger partial charge in [-0.3, -0.25) is 29.5 Å². The van der Waals surface area contributed by atoms with Gasteiger partial charge in [0.1, 0.15) is 12.1 Å². The Morgan fingerprint density at radius 2 is 1.92 bits per heavy atom. The minimum Gasteiger partial charge on any atom is -0.465 e.